The minimum absolute atomic E-state index is 0.00897. The third-order valence-electron chi connectivity index (χ3n) is 5.53. The number of carbonyl (C=O) groups excluding carboxylic acids is 1. The molecule has 2 aromatic heterocycles. The molecule has 0 spiro atoms. The van der Waals surface area contributed by atoms with Gasteiger partial charge in [-0.05, 0) is 43.0 Å². The van der Waals surface area contributed by atoms with Crippen LogP contribution in [0.2, 0.25) is 0 Å². The van der Waals surface area contributed by atoms with Crippen molar-refractivity contribution in [2.24, 2.45) is 5.92 Å². The van der Waals surface area contributed by atoms with E-state index in [1.54, 1.807) is 12.1 Å². The first kappa shape index (κ1) is 17.7. The zero-order valence-corrected chi connectivity index (χ0v) is 16.0. The van der Waals surface area contributed by atoms with E-state index in [4.69, 9.17) is 0 Å². The smallest absolute Gasteiger partial charge is 0.156 e. The molecule has 0 bridgehead atoms. The summed E-state index contributed by atoms with van der Waals surface area (Å²) in [7, 11) is 0. The van der Waals surface area contributed by atoms with Crippen LogP contribution in [0.15, 0.2) is 66.7 Å². The lowest BCUT2D eigenvalue weighted by atomic mass is 10.0. The molecular weight excluding hydrogens is 365 g/mol. The first-order chi connectivity index (χ1) is 14.1. The fraction of sp³-hybridized carbons (Fsp3) is 0.208. The maximum Gasteiger partial charge on any atom is 0.156 e. The van der Waals surface area contributed by atoms with Gasteiger partial charge in [-0.2, -0.15) is 5.10 Å². The molecule has 5 rings (SSSR count). The van der Waals surface area contributed by atoms with Crippen LogP contribution in [-0.4, -0.2) is 20.4 Å². The molecule has 2 aromatic carbocycles. The first-order valence-electron chi connectivity index (χ1n) is 9.78. The SMILES string of the molecule is Cc1cc2nc(CC(=O)[C@@H]3C[C@@H]3c3ccc(F)cc3)cc(-c3ccccc3)n2n1. The fourth-order valence-corrected chi connectivity index (χ4v) is 3.98. The maximum atomic E-state index is 13.1. The molecule has 0 amide bonds. The third-order valence-corrected chi connectivity index (χ3v) is 5.53. The minimum Gasteiger partial charge on any atom is -0.299 e. The molecule has 0 aliphatic heterocycles. The summed E-state index contributed by atoms with van der Waals surface area (Å²) in [5, 5.41) is 4.55. The Morgan fingerprint density at radius 2 is 1.86 bits per heavy atom. The van der Waals surface area contributed by atoms with E-state index >= 15 is 0 Å². The summed E-state index contributed by atoms with van der Waals surface area (Å²) in [6.07, 6.45) is 1.12. The van der Waals surface area contributed by atoms with Crippen LogP contribution in [0.25, 0.3) is 16.9 Å². The van der Waals surface area contributed by atoms with Crippen LogP contribution in [0, 0.1) is 18.7 Å². The fourth-order valence-electron chi connectivity index (χ4n) is 3.98. The standard InChI is InChI=1S/C24H20FN3O/c1-15-11-24-26-19(12-22(28(24)27-15)17-5-3-2-4-6-17)13-23(29)21-14-20(21)16-7-9-18(25)10-8-16/h2-12,20-21H,13-14H2,1H3/t20-,21-/m1/s1. The summed E-state index contributed by atoms with van der Waals surface area (Å²) in [6, 6.07) is 20.4. The second-order valence-electron chi connectivity index (χ2n) is 7.70. The van der Waals surface area contributed by atoms with Crippen molar-refractivity contribution < 1.29 is 9.18 Å². The van der Waals surface area contributed by atoms with Gasteiger partial charge in [0.05, 0.1) is 17.1 Å². The molecule has 0 saturated heterocycles. The van der Waals surface area contributed by atoms with Crippen molar-refractivity contribution in [2.45, 2.75) is 25.7 Å². The van der Waals surface area contributed by atoms with Crippen molar-refractivity contribution in [1.82, 2.24) is 14.6 Å². The molecule has 29 heavy (non-hydrogen) atoms. The molecule has 4 aromatic rings. The number of halogens is 1. The Morgan fingerprint density at radius 1 is 1.10 bits per heavy atom. The van der Waals surface area contributed by atoms with E-state index in [2.05, 4.69) is 10.1 Å². The highest BCUT2D eigenvalue weighted by atomic mass is 19.1. The largest absolute Gasteiger partial charge is 0.299 e. The molecule has 0 N–H and O–H groups in total. The number of Topliss-reactive ketones (excluding diaryl/α,β-unsaturated/α-hetero) is 1. The summed E-state index contributed by atoms with van der Waals surface area (Å²) >= 11 is 0. The van der Waals surface area contributed by atoms with Gasteiger partial charge in [-0.15, -0.1) is 0 Å². The van der Waals surface area contributed by atoms with Gasteiger partial charge in [0.15, 0.2) is 5.65 Å². The summed E-state index contributed by atoms with van der Waals surface area (Å²) in [4.78, 5) is 17.5. The third kappa shape index (κ3) is 3.44. The van der Waals surface area contributed by atoms with E-state index in [0.717, 1.165) is 40.3 Å². The van der Waals surface area contributed by atoms with Gasteiger partial charge >= 0.3 is 0 Å². The zero-order valence-electron chi connectivity index (χ0n) is 16.0. The van der Waals surface area contributed by atoms with Crippen LogP contribution in [0.5, 0.6) is 0 Å². The highest BCUT2D eigenvalue weighted by Gasteiger charge is 2.43. The number of hydrogen-bond acceptors (Lipinski definition) is 3. The number of nitrogens with zero attached hydrogens (tertiary/aromatic N) is 3. The number of hydrogen-bond donors (Lipinski definition) is 0. The van der Waals surface area contributed by atoms with Crippen LogP contribution in [0.1, 0.15) is 29.3 Å². The van der Waals surface area contributed by atoms with Gasteiger partial charge < -0.3 is 0 Å². The molecule has 2 heterocycles. The number of benzene rings is 2. The van der Waals surface area contributed by atoms with Gasteiger partial charge in [0, 0.05) is 24.0 Å². The maximum absolute atomic E-state index is 13.1. The van der Waals surface area contributed by atoms with E-state index in [1.807, 2.05) is 53.9 Å². The van der Waals surface area contributed by atoms with Crippen molar-refractivity contribution in [2.75, 3.05) is 0 Å². The second-order valence-corrected chi connectivity index (χ2v) is 7.70. The number of aromatic nitrogens is 3. The lowest BCUT2D eigenvalue weighted by Crippen LogP contribution is -2.09. The molecule has 5 heteroatoms. The number of carbonyl (C=O) groups is 1. The average Bonchev–Trinajstić information content (AvgIpc) is 3.43. The minimum atomic E-state index is -0.251. The van der Waals surface area contributed by atoms with Gasteiger partial charge in [0.1, 0.15) is 11.6 Å². The van der Waals surface area contributed by atoms with Gasteiger partial charge in [0.2, 0.25) is 0 Å². The predicted molar refractivity (Wildman–Crippen MR) is 109 cm³/mol. The Kier molecular flexibility index (Phi) is 4.23. The highest BCUT2D eigenvalue weighted by Crippen LogP contribution is 2.48. The van der Waals surface area contributed by atoms with Gasteiger partial charge in [-0.1, -0.05) is 42.5 Å². The van der Waals surface area contributed by atoms with Crippen molar-refractivity contribution in [3.05, 3.63) is 89.5 Å². The van der Waals surface area contributed by atoms with E-state index < -0.39 is 0 Å². The quantitative estimate of drug-likeness (QED) is 0.498. The van der Waals surface area contributed by atoms with Gasteiger partial charge in [-0.25, -0.2) is 13.9 Å². The summed E-state index contributed by atoms with van der Waals surface area (Å²) in [5.41, 5.74) is 5.38. The molecule has 144 valence electrons. The highest BCUT2D eigenvalue weighted by molar-refractivity contribution is 5.87. The molecular formula is C24H20FN3O. The molecule has 0 unspecified atom stereocenters. The first-order valence-corrected chi connectivity index (χ1v) is 9.78. The zero-order chi connectivity index (χ0) is 20.0. The number of aryl methyl sites for hydroxylation is 1. The topological polar surface area (TPSA) is 47.3 Å². The monoisotopic (exact) mass is 385 g/mol. The summed E-state index contributed by atoms with van der Waals surface area (Å²) < 4.78 is 15.0. The molecule has 1 aliphatic rings. The number of ketones is 1. The van der Waals surface area contributed by atoms with Gasteiger partial charge in [0.25, 0.3) is 0 Å². The molecule has 2 atom stereocenters. The predicted octanol–water partition coefficient (Wildman–Crippen LogP) is 4.76. The van der Waals surface area contributed by atoms with Crippen LogP contribution >= 0.6 is 0 Å². The van der Waals surface area contributed by atoms with E-state index in [1.165, 1.54) is 12.1 Å². The molecule has 1 fully saturated rings. The Morgan fingerprint density at radius 3 is 2.62 bits per heavy atom. The van der Waals surface area contributed by atoms with E-state index in [9.17, 15) is 9.18 Å². The van der Waals surface area contributed by atoms with Crippen LogP contribution in [-0.2, 0) is 11.2 Å². The van der Waals surface area contributed by atoms with Crippen molar-refractivity contribution >= 4 is 11.4 Å². The number of rotatable bonds is 5. The summed E-state index contributed by atoms with van der Waals surface area (Å²) in [5.74, 6) is 0.119. The Bertz CT molecular complexity index is 1200. The van der Waals surface area contributed by atoms with Crippen molar-refractivity contribution in [1.29, 1.82) is 0 Å². The second kappa shape index (κ2) is 6.92. The Labute approximate surface area is 168 Å². The van der Waals surface area contributed by atoms with Crippen LogP contribution < -0.4 is 0 Å². The normalized spacial score (nSPS) is 18.1. The lowest BCUT2D eigenvalue weighted by molar-refractivity contribution is -0.119. The van der Waals surface area contributed by atoms with Crippen molar-refractivity contribution in [3.63, 3.8) is 0 Å². The van der Waals surface area contributed by atoms with Crippen LogP contribution in [0.4, 0.5) is 4.39 Å². The Balaban J connectivity index is 1.42. The average molecular weight is 385 g/mol. The van der Waals surface area contributed by atoms with Gasteiger partial charge in [-0.3, -0.25) is 4.79 Å². The van der Waals surface area contributed by atoms with E-state index in [0.29, 0.717) is 6.42 Å². The summed E-state index contributed by atoms with van der Waals surface area (Å²) in [6.45, 7) is 1.94. The molecule has 1 aliphatic carbocycles. The lowest BCUT2D eigenvalue weighted by Gasteiger charge is -2.08. The van der Waals surface area contributed by atoms with Crippen molar-refractivity contribution in [3.8, 4) is 11.3 Å². The van der Waals surface area contributed by atoms with E-state index in [-0.39, 0.29) is 23.4 Å². The Hall–Kier alpha value is -3.34. The van der Waals surface area contributed by atoms with Crippen LogP contribution in [0.3, 0.4) is 0 Å². The molecule has 4 nitrogen and oxygen atoms in total. The molecule has 0 radical (unpaired) electrons. The molecule has 1 saturated carbocycles. The number of fused-ring (bicyclic) bond motifs is 1.